The summed E-state index contributed by atoms with van der Waals surface area (Å²) in [6.45, 7) is 2.55. The second-order valence-corrected chi connectivity index (χ2v) is 6.30. The number of pyridine rings is 1. The predicted octanol–water partition coefficient (Wildman–Crippen LogP) is 3.75. The Morgan fingerprint density at radius 2 is 1.79 bits per heavy atom. The normalized spacial score (nSPS) is 14.9. The number of hydrogen-bond acceptors (Lipinski definition) is 3. The molecular weight excluding hydrogens is 298 g/mol. The molecule has 0 spiro atoms. The zero-order valence-corrected chi connectivity index (χ0v) is 14.1. The number of nitrogens with one attached hydrogen (secondary N) is 1. The third kappa shape index (κ3) is 4.57. The van der Waals surface area contributed by atoms with Crippen LogP contribution in [-0.4, -0.2) is 35.4 Å². The number of carbonyl (C=O) groups excluding carboxylic acids is 1. The third-order valence-electron chi connectivity index (χ3n) is 4.46. The van der Waals surface area contributed by atoms with Gasteiger partial charge in [-0.2, -0.15) is 0 Å². The van der Waals surface area contributed by atoms with Gasteiger partial charge in [0.2, 0.25) is 0 Å². The lowest BCUT2D eigenvalue weighted by Crippen LogP contribution is -2.32. The molecule has 0 bridgehead atoms. The molecule has 1 aromatic carbocycles. The summed E-state index contributed by atoms with van der Waals surface area (Å²) in [7, 11) is 0. The van der Waals surface area contributed by atoms with Crippen molar-refractivity contribution in [3.8, 4) is 0 Å². The summed E-state index contributed by atoms with van der Waals surface area (Å²) in [5.41, 5.74) is 2.81. The Kier molecular flexibility index (Phi) is 5.83. The predicted molar refractivity (Wildman–Crippen MR) is 97.2 cm³/mol. The van der Waals surface area contributed by atoms with Crippen LogP contribution in [0.1, 0.15) is 41.7 Å². The van der Waals surface area contributed by atoms with Crippen molar-refractivity contribution in [3.05, 3.63) is 59.9 Å². The molecule has 4 heteroatoms. The molecule has 126 valence electrons. The summed E-state index contributed by atoms with van der Waals surface area (Å²) >= 11 is 0. The first-order valence-corrected chi connectivity index (χ1v) is 8.86. The molecule has 1 aliphatic heterocycles. The fraction of sp³-hybridized carbons (Fsp3) is 0.400. The lowest BCUT2D eigenvalue weighted by molar-refractivity contribution is 0.0756. The Hall–Kier alpha value is -2.36. The second kappa shape index (κ2) is 8.48. The fourth-order valence-electron chi connectivity index (χ4n) is 3.09. The molecule has 2 heterocycles. The van der Waals surface area contributed by atoms with Crippen LogP contribution in [0, 0.1) is 0 Å². The van der Waals surface area contributed by atoms with Crippen LogP contribution in [0.2, 0.25) is 0 Å². The van der Waals surface area contributed by atoms with Gasteiger partial charge in [0.25, 0.3) is 5.91 Å². The Morgan fingerprint density at radius 3 is 2.54 bits per heavy atom. The van der Waals surface area contributed by atoms with Crippen LogP contribution in [0.4, 0.5) is 5.69 Å². The minimum absolute atomic E-state index is 0.0589. The van der Waals surface area contributed by atoms with Crippen molar-refractivity contribution < 1.29 is 4.79 Å². The van der Waals surface area contributed by atoms with E-state index in [0.717, 1.165) is 44.6 Å². The monoisotopic (exact) mass is 323 g/mol. The Labute approximate surface area is 143 Å². The van der Waals surface area contributed by atoms with Crippen LogP contribution < -0.4 is 5.32 Å². The quantitative estimate of drug-likeness (QED) is 0.911. The van der Waals surface area contributed by atoms with Crippen molar-refractivity contribution in [1.82, 2.24) is 9.88 Å². The number of rotatable bonds is 5. The van der Waals surface area contributed by atoms with Gasteiger partial charge >= 0.3 is 0 Å². The SMILES string of the molecule is O=C(c1cc(NCCc2ccccc2)ccn1)N1CCCCCC1. The summed E-state index contributed by atoms with van der Waals surface area (Å²) < 4.78 is 0. The number of likely N-dealkylation sites (tertiary alicyclic amines) is 1. The molecule has 1 saturated heterocycles. The highest BCUT2D eigenvalue weighted by molar-refractivity contribution is 5.93. The lowest BCUT2D eigenvalue weighted by Gasteiger charge is -2.20. The average molecular weight is 323 g/mol. The molecule has 3 rings (SSSR count). The van der Waals surface area contributed by atoms with Crippen molar-refractivity contribution in [2.24, 2.45) is 0 Å². The van der Waals surface area contributed by atoms with E-state index in [1.807, 2.05) is 23.1 Å². The van der Waals surface area contributed by atoms with Gasteiger partial charge in [-0.05, 0) is 37.0 Å². The summed E-state index contributed by atoms with van der Waals surface area (Å²) in [5.74, 6) is 0.0589. The summed E-state index contributed by atoms with van der Waals surface area (Å²) in [4.78, 5) is 18.9. The van der Waals surface area contributed by atoms with Crippen LogP contribution in [-0.2, 0) is 6.42 Å². The molecule has 4 nitrogen and oxygen atoms in total. The fourth-order valence-corrected chi connectivity index (χ4v) is 3.09. The Bertz CT molecular complexity index is 649. The third-order valence-corrected chi connectivity index (χ3v) is 4.46. The van der Waals surface area contributed by atoms with E-state index in [-0.39, 0.29) is 5.91 Å². The molecule has 24 heavy (non-hydrogen) atoms. The number of carbonyl (C=O) groups is 1. The minimum atomic E-state index is 0.0589. The Balaban J connectivity index is 1.58. The van der Waals surface area contributed by atoms with Gasteiger partial charge in [0.15, 0.2) is 0 Å². The molecule has 1 aliphatic rings. The molecule has 0 aliphatic carbocycles. The second-order valence-electron chi connectivity index (χ2n) is 6.30. The highest BCUT2D eigenvalue weighted by Gasteiger charge is 2.18. The minimum Gasteiger partial charge on any atom is -0.385 e. The van der Waals surface area contributed by atoms with Gasteiger partial charge < -0.3 is 10.2 Å². The van der Waals surface area contributed by atoms with Crippen molar-refractivity contribution in [2.75, 3.05) is 25.0 Å². The zero-order valence-electron chi connectivity index (χ0n) is 14.1. The molecule has 1 fully saturated rings. The average Bonchev–Trinajstić information content (AvgIpc) is 2.92. The molecule has 1 aromatic heterocycles. The van der Waals surface area contributed by atoms with E-state index in [4.69, 9.17) is 0 Å². The molecule has 0 atom stereocenters. The van der Waals surface area contributed by atoms with Gasteiger partial charge in [-0.15, -0.1) is 0 Å². The van der Waals surface area contributed by atoms with Gasteiger partial charge in [0.05, 0.1) is 0 Å². The van der Waals surface area contributed by atoms with E-state index >= 15 is 0 Å². The highest BCUT2D eigenvalue weighted by Crippen LogP contribution is 2.15. The molecule has 0 radical (unpaired) electrons. The van der Waals surface area contributed by atoms with E-state index in [1.165, 1.54) is 18.4 Å². The van der Waals surface area contributed by atoms with Crippen LogP contribution in [0.15, 0.2) is 48.7 Å². The van der Waals surface area contributed by atoms with Crippen molar-refractivity contribution in [2.45, 2.75) is 32.1 Å². The number of amides is 1. The van der Waals surface area contributed by atoms with Gasteiger partial charge in [-0.1, -0.05) is 43.2 Å². The molecule has 1 N–H and O–H groups in total. The molecular formula is C20H25N3O. The highest BCUT2D eigenvalue weighted by atomic mass is 16.2. The van der Waals surface area contributed by atoms with E-state index in [2.05, 4.69) is 34.6 Å². The van der Waals surface area contributed by atoms with E-state index < -0.39 is 0 Å². The van der Waals surface area contributed by atoms with Crippen LogP contribution >= 0.6 is 0 Å². The van der Waals surface area contributed by atoms with Gasteiger partial charge in [0, 0.05) is 31.5 Å². The summed E-state index contributed by atoms with van der Waals surface area (Å²) in [6, 6.07) is 14.2. The molecule has 2 aromatic rings. The Morgan fingerprint density at radius 1 is 1.04 bits per heavy atom. The van der Waals surface area contributed by atoms with Crippen LogP contribution in [0.25, 0.3) is 0 Å². The first-order chi connectivity index (χ1) is 11.8. The van der Waals surface area contributed by atoms with Gasteiger partial charge in [-0.3, -0.25) is 9.78 Å². The first-order valence-electron chi connectivity index (χ1n) is 8.86. The summed E-state index contributed by atoms with van der Waals surface area (Å²) in [6.07, 6.45) is 7.31. The number of aromatic nitrogens is 1. The van der Waals surface area contributed by atoms with E-state index in [1.54, 1.807) is 6.20 Å². The first kappa shape index (κ1) is 16.5. The van der Waals surface area contributed by atoms with Crippen molar-refractivity contribution in [1.29, 1.82) is 0 Å². The maximum Gasteiger partial charge on any atom is 0.272 e. The number of anilines is 1. The number of benzene rings is 1. The maximum atomic E-state index is 12.6. The maximum absolute atomic E-state index is 12.6. The molecule has 1 amide bonds. The van der Waals surface area contributed by atoms with Crippen molar-refractivity contribution >= 4 is 11.6 Å². The van der Waals surface area contributed by atoms with Crippen LogP contribution in [0.5, 0.6) is 0 Å². The van der Waals surface area contributed by atoms with Crippen molar-refractivity contribution in [3.63, 3.8) is 0 Å². The van der Waals surface area contributed by atoms with Crippen LogP contribution in [0.3, 0.4) is 0 Å². The number of nitrogens with zero attached hydrogens (tertiary/aromatic N) is 2. The zero-order chi connectivity index (χ0) is 16.6. The largest absolute Gasteiger partial charge is 0.385 e. The van der Waals surface area contributed by atoms with Gasteiger partial charge in [0.1, 0.15) is 5.69 Å². The smallest absolute Gasteiger partial charge is 0.272 e. The molecule has 0 unspecified atom stereocenters. The lowest BCUT2D eigenvalue weighted by atomic mass is 10.1. The standard InChI is InChI=1S/C20H25N3O/c24-20(23-14-6-1-2-7-15-23)19-16-18(11-13-22-19)21-12-10-17-8-4-3-5-9-17/h3-5,8-9,11,13,16H,1-2,6-7,10,12,14-15H2,(H,21,22). The number of hydrogen-bond donors (Lipinski definition) is 1. The topological polar surface area (TPSA) is 45.2 Å². The van der Waals surface area contributed by atoms with Gasteiger partial charge in [-0.25, -0.2) is 0 Å². The molecule has 0 saturated carbocycles. The van der Waals surface area contributed by atoms with E-state index in [9.17, 15) is 4.79 Å². The summed E-state index contributed by atoms with van der Waals surface area (Å²) in [5, 5.41) is 3.39. The van der Waals surface area contributed by atoms with E-state index in [0.29, 0.717) is 5.69 Å².